The second-order valence-electron chi connectivity index (χ2n) is 2.49. The van der Waals surface area contributed by atoms with Gasteiger partial charge in [-0.1, -0.05) is 0 Å². The van der Waals surface area contributed by atoms with Crippen molar-refractivity contribution in [3.63, 3.8) is 0 Å². The molecule has 0 fully saturated rings. The lowest BCUT2D eigenvalue weighted by Gasteiger charge is -2.07. The van der Waals surface area contributed by atoms with Gasteiger partial charge in [0, 0.05) is 9.64 Å². The summed E-state index contributed by atoms with van der Waals surface area (Å²) < 4.78 is 59.1. The average Bonchev–Trinajstić information content (AvgIpc) is 1.99. The lowest BCUT2D eigenvalue weighted by Crippen LogP contribution is -2.18. The lowest BCUT2D eigenvalue weighted by molar-refractivity contribution is 0.140. The molecule has 2 N–H and O–H groups in total. The zero-order valence-corrected chi connectivity index (χ0v) is 9.89. The van der Waals surface area contributed by atoms with Gasteiger partial charge in [-0.05, 0) is 22.6 Å². The molecule has 0 aliphatic heterocycles. The average molecular weight is 352 g/mol. The Morgan fingerprint density at radius 3 is 2.40 bits per heavy atom. The van der Waals surface area contributed by atoms with Gasteiger partial charge < -0.3 is 0 Å². The maximum atomic E-state index is 12.7. The van der Waals surface area contributed by atoms with E-state index >= 15 is 0 Å². The van der Waals surface area contributed by atoms with E-state index in [0.29, 0.717) is 6.07 Å². The van der Waals surface area contributed by atoms with Crippen molar-refractivity contribution >= 4 is 32.6 Å². The van der Waals surface area contributed by atoms with Crippen molar-refractivity contribution in [2.45, 2.75) is 11.3 Å². The summed E-state index contributed by atoms with van der Waals surface area (Å²) in [7, 11) is -4.34. The van der Waals surface area contributed by atoms with Gasteiger partial charge in [-0.25, -0.2) is 27.3 Å². The van der Waals surface area contributed by atoms with Crippen molar-refractivity contribution < 1.29 is 21.6 Å². The first-order chi connectivity index (χ1) is 6.73. The SMILES string of the molecule is NS(=O)(=O)c1c(I)cc(F)nc1C(F)F. The van der Waals surface area contributed by atoms with Gasteiger partial charge in [-0.3, -0.25) is 0 Å². The molecule has 0 atom stereocenters. The number of nitrogens with zero attached hydrogens (tertiary/aromatic N) is 1. The van der Waals surface area contributed by atoms with Crippen LogP contribution >= 0.6 is 22.6 Å². The summed E-state index contributed by atoms with van der Waals surface area (Å²) in [6.07, 6.45) is -3.21. The second kappa shape index (κ2) is 4.22. The van der Waals surface area contributed by atoms with Crippen molar-refractivity contribution in [3.8, 4) is 0 Å². The molecule has 1 rings (SSSR count). The molecule has 0 radical (unpaired) electrons. The Hall–Kier alpha value is -0.420. The molecule has 0 spiro atoms. The van der Waals surface area contributed by atoms with Crippen LogP contribution in [0.1, 0.15) is 12.1 Å². The van der Waals surface area contributed by atoms with Crippen LogP contribution < -0.4 is 5.14 Å². The molecule has 15 heavy (non-hydrogen) atoms. The Morgan fingerprint density at radius 2 is 2.00 bits per heavy atom. The molecule has 0 aliphatic carbocycles. The number of hydrogen-bond donors (Lipinski definition) is 1. The molecule has 84 valence electrons. The van der Waals surface area contributed by atoms with E-state index in [1.807, 2.05) is 0 Å². The van der Waals surface area contributed by atoms with E-state index in [-0.39, 0.29) is 3.57 Å². The van der Waals surface area contributed by atoms with E-state index in [0.717, 1.165) is 0 Å². The van der Waals surface area contributed by atoms with Crippen LogP contribution in [0.3, 0.4) is 0 Å². The molecule has 9 heteroatoms. The molecule has 1 aromatic heterocycles. The predicted molar refractivity (Wildman–Crippen MR) is 53.2 cm³/mol. The fourth-order valence-electron chi connectivity index (χ4n) is 0.920. The van der Waals surface area contributed by atoms with E-state index < -0.39 is 33.0 Å². The smallest absolute Gasteiger partial charge is 0.225 e. The fourth-order valence-corrected chi connectivity index (χ4v) is 3.13. The Kier molecular flexibility index (Phi) is 3.55. The standard InChI is InChI=1S/C6H4F3IN2O2S/c7-3-1-2(10)5(15(11,13)14)4(12-3)6(8)9/h1,6H,(H2,11,13,14). The fraction of sp³-hybridized carbons (Fsp3) is 0.167. The number of halogens is 4. The molecule has 0 bridgehead atoms. The maximum Gasteiger partial charge on any atom is 0.281 e. The Balaban J connectivity index is 3.62. The molecule has 0 saturated carbocycles. The van der Waals surface area contributed by atoms with Gasteiger partial charge in [0.2, 0.25) is 16.0 Å². The van der Waals surface area contributed by atoms with Gasteiger partial charge in [0.15, 0.2) is 0 Å². The summed E-state index contributed by atoms with van der Waals surface area (Å²) in [6.45, 7) is 0. The van der Waals surface area contributed by atoms with Crippen LogP contribution in [-0.4, -0.2) is 13.4 Å². The van der Waals surface area contributed by atoms with Gasteiger partial charge in [0.1, 0.15) is 10.6 Å². The Labute approximate surface area is 96.9 Å². The summed E-state index contributed by atoms with van der Waals surface area (Å²) in [6, 6.07) is 0.714. The summed E-state index contributed by atoms with van der Waals surface area (Å²) >= 11 is 1.40. The highest BCUT2D eigenvalue weighted by Gasteiger charge is 2.26. The normalized spacial score (nSPS) is 12.1. The first-order valence-corrected chi connectivity index (χ1v) is 6.03. The number of sulfonamides is 1. The number of primary sulfonamides is 1. The molecule has 1 aromatic rings. The third kappa shape index (κ3) is 2.78. The summed E-state index contributed by atoms with van der Waals surface area (Å²) in [4.78, 5) is 1.99. The second-order valence-corrected chi connectivity index (χ2v) is 5.15. The number of rotatable bonds is 2. The third-order valence-corrected chi connectivity index (χ3v) is 3.63. The molecule has 1 heterocycles. The number of nitrogens with two attached hydrogens (primary N) is 1. The Morgan fingerprint density at radius 1 is 1.47 bits per heavy atom. The van der Waals surface area contributed by atoms with Crippen molar-refractivity contribution in [3.05, 3.63) is 21.3 Å². The van der Waals surface area contributed by atoms with Crippen molar-refractivity contribution in [2.24, 2.45) is 5.14 Å². The topological polar surface area (TPSA) is 73.1 Å². The third-order valence-electron chi connectivity index (χ3n) is 1.41. The van der Waals surface area contributed by atoms with Gasteiger partial charge in [0.05, 0.1) is 0 Å². The van der Waals surface area contributed by atoms with E-state index in [2.05, 4.69) is 4.98 Å². The van der Waals surface area contributed by atoms with Gasteiger partial charge in [0.25, 0.3) is 6.43 Å². The van der Waals surface area contributed by atoms with Crippen molar-refractivity contribution in [1.82, 2.24) is 4.98 Å². The summed E-state index contributed by atoms with van der Waals surface area (Å²) in [5, 5.41) is 4.72. The van der Waals surface area contributed by atoms with Crippen LogP contribution in [0.2, 0.25) is 0 Å². The molecule has 0 aromatic carbocycles. The van der Waals surface area contributed by atoms with E-state index in [1.165, 1.54) is 22.6 Å². The zero-order chi connectivity index (χ0) is 11.8. The van der Waals surface area contributed by atoms with Crippen molar-refractivity contribution in [1.29, 1.82) is 0 Å². The highest BCUT2D eigenvalue weighted by atomic mass is 127. The zero-order valence-electron chi connectivity index (χ0n) is 6.92. The minimum Gasteiger partial charge on any atom is -0.225 e. The highest BCUT2D eigenvalue weighted by Crippen LogP contribution is 2.28. The van der Waals surface area contributed by atoms with Crippen LogP contribution in [-0.2, 0) is 10.0 Å². The molecular formula is C6H4F3IN2O2S. The van der Waals surface area contributed by atoms with Crippen LogP contribution in [0.5, 0.6) is 0 Å². The lowest BCUT2D eigenvalue weighted by atomic mass is 10.3. The monoisotopic (exact) mass is 352 g/mol. The molecule has 4 nitrogen and oxygen atoms in total. The Bertz CT molecular complexity index is 491. The van der Waals surface area contributed by atoms with E-state index in [9.17, 15) is 21.6 Å². The number of alkyl halides is 2. The minimum absolute atomic E-state index is 0.224. The van der Waals surface area contributed by atoms with Gasteiger partial charge >= 0.3 is 0 Å². The number of pyridine rings is 1. The van der Waals surface area contributed by atoms with Crippen LogP contribution in [0, 0.1) is 9.52 Å². The predicted octanol–water partition coefficient (Wildman–Crippen LogP) is 1.41. The quantitative estimate of drug-likeness (QED) is 0.646. The molecule has 0 saturated heterocycles. The van der Waals surface area contributed by atoms with Crippen LogP contribution in [0.25, 0.3) is 0 Å². The van der Waals surface area contributed by atoms with Crippen LogP contribution in [0.4, 0.5) is 13.2 Å². The largest absolute Gasteiger partial charge is 0.281 e. The van der Waals surface area contributed by atoms with E-state index in [1.54, 1.807) is 0 Å². The first kappa shape index (κ1) is 12.6. The molecule has 0 amide bonds. The van der Waals surface area contributed by atoms with Gasteiger partial charge in [-0.15, -0.1) is 0 Å². The van der Waals surface area contributed by atoms with Gasteiger partial charge in [-0.2, -0.15) is 4.39 Å². The summed E-state index contributed by atoms with van der Waals surface area (Å²) in [5.41, 5.74) is -1.16. The van der Waals surface area contributed by atoms with Crippen molar-refractivity contribution in [2.75, 3.05) is 0 Å². The number of aromatic nitrogens is 1. The number of hydrogen-bond acceptors (Lipinski definition) is 3. The van der Waals surface area contributed by atoms with E-state index in [4.69, 9.17) is 5.14 Å². The minimum atomic E-state index is -4.34. The highest BCUT2D eigenvalue weighted by molar-refractivity contribution is 14.1. The maximum absolute atomic E-state index is 12.7. The summed E-state index contributed by atoms with van der Waals surface area (Å²) in [5.74, 6) is -1.18. The molecule has 0 aliphatic rings. The molecular weight excluding hydrogens is 348 g/mol. The van der Waals surface area contributed by atoms with Crippen LogP contribution in [0.15, 0.2) is 11.0 Å². The molecule has 0 unspecified atom stereocenters. The first-order valence-electron chi connectivity index (χ1n) is 3.40.